The van der Waals surface area contributed by atoms with Gasteiger partial charge in [0.2, 0.25) is 0 Å². The van der Waals surface area contributed by atoms with Crippen LogP contribution in [0.3, 0.4) is 0 Å². The molecule has 0 aromatic carbocycles. The summed E-state index contributed by atoms with van der Waals surface area (Å²) in [6.45, 7) is 8.26. The molecule has 3 unspecified atom stereocenters. The summed E-state index contributed by atoms with van der Waals surface area (Å²) in [7, 11) is 0. The van der Waals surface area contributed by atoms with E-state index in [0.717, 1.165) is 17.9 Å². The van der Waals surface area contributed by atoms with Crippen molar-refractivity contribution in [3.05, 3.63) is 0 Å². The second-order valence-electron chi connectivity index (χ2n) is 5.44. The molecular weight excluding hydrogens is 182 g/mol. The van der Waals surface area contributed by atoms with E-state index in [-0.39, 0.29) is 0 Å². The summed E-state index contributed by atoms with van der Waals surface area (Å²) in [6, 6.07) is 0.822. The molecule has 1 N–H and O–H groups in total. The fourth-order valence-corrected chi connectivity index (χ4v) is 2.64. The zero-order chi connectivity index (χ0) is 11.1. The van der Waals surface area contributed by atoms with Crippen molar-refractivity contribution in [1.82, 2.24) is 5.32 Å². The largest absolute Gasteiger partial charge is 0.314 e. The molecular formula is C14H29N. The van der Waals surface area contributed by atoms with Crippen LogP contribution in [0.1, 0.15) is 65.7 Å². The molecule has 0 aromatic heterocycles. The predicted molar refractivity (Wildman–Crippen MR) is 68.1 cm³/mol. The van der Waals surface area contributed by atoms with Gasteiger partial charge in [-0.25, -0.2) is 0 Å². The Labute approximate surface area is 96.0 Å². The quantitative estimate of drug-likeness (QED) is 0.700. The van der Waals surface area contributed by atoms with Crippen LogP contribution in [0, 0.1) is 11.8 Å². The van der Waals surface area contributed by atoms with Crippen molar-refractivity contribution in [2.45, 2.75) is 71.8 Å². The van der Waals surface area contributed by atoms with Gasteiger partial charge in [0.05, 0.1) is 0 Å². The van der Waals surface area contributed by atoms with Crippen molar-refractivity contribution in [2.24, 2.45) is 11.8 Å². The van der Waals surface area contributed by atoms with Crippen LogP contribution in [-0.4, -0.2) is 12.6 Å². The number of piperidine rings is 1. The molecule has 1 rings (SSSR count). The van der Waals surface area contributed by atoms with E-state index in [2.05, 4.69) is 26.1 Å². The Morgan fingerprint density at radius 1 is 1.27 bits per heavy atom. The van der Waals surface area contributed by atoms with Gasteiger partial charge in [-0.3, -0.25) is 0 Å². The summed E-state index contributed by atoms with van der Waals surface area (Å²) in [6.07, 6.45) is 9.84. The van der Waals surface area contributed by atoms with E-state index < -0.39 is 0 Å². The lowest BCUT2D eigenvalue weighted by Gasteiger charge is -2.30. The van der Waals surface area contributed by atoms with E-state index >= 15 is 0 Å². The smallest absolute Gasteiger partial charge is 0.00699 e. The monoisotopic (exact) mass is 211 g/mol. The van der Waals surface area contributed by atoms with Crippen LogP contribution >= 0.6 is 0 Å². The molecule has 1 heterocycles. The summed E-state index contributed by atoms with van der Waals surface area (Å²) in [5.41, 5.74) is 0. The number of hydrogen-bond acceptors (Lipinski definition) is 1. The third-order valence-corrected chi connectivity index (χ3v) is 3.92. The summed E-state index contributed by atoms with van der Waals surface area (Å²) in [5, 5.41) is 3.71. The Morgan fingerprint density at radius 3 is 2.60 bits per heavy atom. The maximum atomic E-state index is 3.71. The van der Waals surface area contributed by atoms with Crippen molar-refractivity contribution in [2.75, 3.05) is 6.54 Å². The zero-order valence-corrected chi connectivity index (χ0v) is 10.9. The van der Waals surface area contributed by atoms with Gasteiger partial charge < -0.3 is 5.32 Å². The second kappa shape index (κ2) is 7.27. The molecule has 0 aromatic rings. The van der Waals surface area contributed by atoms with Crippen molar-refractivity contribution in [3.8, 4) is 0 Å². The fourth-order valence-electron chi connectivity index (χ4n) is 2.64. The SMILES string of the molecule is CCCCC(CC)CC1CCC(C)CN1. The highest BCUT2D eigenvalue weighted by atomic mass is 14.9. The Morgan fingerprint density at radius 2 is 2.07 bits per heavy atom. The molecule has 1 aliphatic heterocycles. The molecule has 3 atom stereocenters. The molecule has 15 heavy (non-hydrogen) atoms. The minimum atomic E-state index is 0.822. The molecule has 0 bridgehead atoms. The highest BCUT2D eigenvalue weighted by molar-refractivity contribution is 4.78. The third kappa shape index (κ3) is 5.01. The molecule has 1 heteroatoms. The Balaban J connectivity index is 2.19. The first-order valence-electron chi connectivity index (χ1n) is 6.99. The standard InChI is InChI=1S/C14H29N/c1-4-6-7-13(5-2)10-14-9-8-12(3)11-15-14/h12-15H,4-11H2,1-3H3. The number of hydrogen-bond donors (Lipinski definition) is 1. The Bertz CT molecular complexity index is 145. The normalized spacial score (nSPS) is 29.0. The summed E-state index contributed by atoms with van der Waals surface area (Å²) < 4.78 is 0. The highest BCUT2D eigenvalue weighted by Crippen LogP contribution is 2.23. The van der Waals surface area contributed by atoms with Gasteiger partial charge in [-0.15, -0.1) is 0 Å². The Hall–Kier alpha value is -0.0400. The first-order chi connectivity index (χ1) is 7.26. The van der Waals surface area contributed by atoms with Gasteiger partial charge in [0.15, 0.2) is 0 Å². The van der Waals surface area contributed by atoms with Crippen LogP contribution in [0.5, 0.6) is 0 Å². The van der Waals surface area contributed by atoms with Crippen molar-refractivity contribution in [3.63, 3.8) is 0 Å². The minimum Gasteiger partial charge on any atom is -0.314 e. The minimum absolute atomic E-state index is 0.822. The highest BCUT2D eigenvalue weighted by Gasteiger charge is 2.20. The average Bonchev–Trinajstić information content (AvgIpc) is 2.27. The molecule has 1 aliphatic rings. The molecule has 0 spiro atoms. The second-order valence-corrected chi connectivity index (χ2v) is 5.44. The van der Waals surface area contributed by atoms with Crippen LogP contribution in [0.2, 0.25) is 0 Å². The number of nitrogens with one attached hydrogen (secondary N) is 1. The molecule has 0 radical (unpaired) electrons. The first kappa shape index (κ1) is 13.0. The van der Waals surface area contributed by atoms with Gasteiger partial charge >= 0.3 is 0 Å². The van der Waals surface area contributed by atoms with Crippen LogP contribution in [0.15, 0.2) is 0 Å². The summed E-state index contributed by atoms with van der Waals surface area (Å²) >= 11 is 0. The van der Waals surface area contributed by atoms with E-state index in [1.54, 1.807) is 0 Å². The molecule has 0 aliphatic carbocycles. The lowest BCUT2D eigenvalue weighted by Crippen LogP contribution is -2.39. The third-order valence-electron chi connectivity index (χ3n) is 3.92. The van der Waals surface area contributed by atoms with Crippen molar-refractivity contribution >= 4 is 0 Å². The van der Waals surface area contributed by atoms with Crippen LogP contribution < -0.4 is 5.32 Å². The molecule has 1 fully saturated rings. The predicted octanol–water partition coefficient (Wildman–Crippen LogP) is 3.98. The lowest BCUT2D eigenvalue weighted by atomic mass is 9.87. The van der Waals surface area contributed by atoms with Crippen LogP contribution in [0.25, 0.3) is 0 Å². The maximum absolute atomic E-state index is 3.71. The maximum Gasteiger partial charge on any atom is 0.00699 e. The Kier molecular flexibility index (Phi) is 6.31. The molecule has 1 nitrogen and oxygen atoms in total. The number of unbranched alkanes of at least 4 members (excludes halogenated alkanes) is 1. The van der Waals surface area contributed by atoms with Gasteiger partial charge in [0.25, 0.3) is 0 Å². The van der Waals surface area contributed by atoms with Crippen molar-refractivity contribution < 1.29 is 0 Å². The molecule has 0 saturated carbocycles. The average molecular weight is 211 g/mol. The van der Waals surface area contributed by atoms with Gasteiger partial charge in [-0.1, -0.05) is 46.5 Å². The van der Waals surface area contributed by atoms with E-state index in [4.69, 9.17) is 0 Å². The van der Waals surface area contributed by atoms with E-state index in [0.29, 0.717) is 0 Å². The van der Waals surface area contributed by atoms with Crippen molar-refractivity contribution in [1.29, 1.82) is 0 Å². The van der Waals surface area contributed by atoms with Gasteiger partial charge in [-0.2, -0.15) is 0 Å². The van der Waals surface area contributed by atoms with Crippen LogP contribution in [0.4, 0.5) is 0 Å². The van der Waals surface area contributed by atoms with Gasteiger partial charge in [0.1, 0.15) is 0 Å². The van der Waals surface area contributed by atoms with E-state index in [1.807, 2.05) is 0 Å². The summed E-state index contributed by atoms with van der Waals surface area (Å²) in [4.78, 5) is 0. The van der Waals surface area contributed by atoms with E-state index in [1.165, 1.54) is 51.5 Å². The molecule has 1 saturated heterocycles. The zero-order valence-electron chi connectivity index (χ0n) is 10.9. The first-order valence-corrected chi connectivity index (χ1v) is 6.99. The summed E-state index contributed by atoms with van der Waals surface area (Å²) in [5.74, 6) is 1.87. The van der Waals surface area contributed by atoms with Gasteiger partial charge in [0, 0.05) is 6.04 Å². The molecule has 0 amide bonds. The van der Waals surface area contributed by atoms with Crippen LogP contribution in [-0.2, 0) is 0 Å². The lowest BCUT2D eigenvalue weighted by molar-refractivity contribution is 0.271. The van der Waals surface area contributed by atoms with Gasteiger partial charge in [-0.05, 0) is 37.6 Å². The molecule has 90 valence electrons. The number of rotatable bonds is 6. The fraction of sp³-hybridized carbons (Fsp3) is 1.00. The van der Waals surface area contributed by atoms with E-state index in [9.17, 15) is 0 Å². The topological polar surface area (TPSA) is 12.0 Å².